The van der Waals surface area contributed by atoms with Gasteiger partial charge >= 0.3 is 6.09 Å². The number of anilines is 1. The standard InChI is InChI=1S/C13H11NO2.4ClH/c15-13(16)14-12-9-5-4-8-11(12)10-6-2-1-3-7-10;;;;/h1-9,14H,(H,15,16);4*1H. The fraction of sp³-hybridized carbons (Fsp3) is 0. The van der Waals surface area contributed by atoms with Crippen LogP contribution >= 0.6 is 49.6 Å². The van der Waals surface area contributed by atoms with E-state index in [-0.39, 0.29) is 49.6 Å². The number of hydrogen-bond acceptors (Lipinski definition) is 1. The van der Waals surface area contributed by atoms with E-state index in [2.05, 4.69) is 5.32 Å². The number of carboxylic acid groups (broad SMARTS) is 1. The van der Waals surface area contributed by atoms with Crippen LogP contribution in [0.25, 0.3) is 11.1 Å². The Morgan fingerprint density at radius 2 is 1.30 bits per heavy atom. The summed E-state index contributed by atoms with van der Waals surface area (Å²) in [6.45, 7) is 0. The molecule has 0 fully saturated rings. The van der Waals surface area contributed by atoms with Gasteiger partial charge in [0.2, 0.25) is 0 Å². The maximum Gasteiger partial charge on any atom is 0.409 e. The summed E-state index contributed by atoms with van der Waals surface area (Å²) in [5.74, 6) is 0. The molecule has 0 radical (unpaired) electrons. The van der Waals surface area contributed by atoms with Crippen LogP contribution < -0.4 is 5.32 Å². The highest BCUT2D eigenvalue weighted by Gasteiger charge is 2.05. The Morgan fingerprint density at radius 1 is 0.800 bits per heavy atom. The number of nitrogens with one attached hydrogen (secondary N) is 1. The fourth-order valence-electron chi connectivity index (χ4n) is 1.58. The first-order valence-corrected chi connectivity index (χ1v) is 4.92. The number of rotatable bonds is 2. The zero-order valence-electron chi connectivity index (χ0n) is 10.2. The van der Waals surface area contributed by atoms with Gasteiger partial charge in [-0.15, -0.1) is 49.6 Å². The van der Waals surface area contributed by atoms with Crippen molar-refractivity contribution in [2.24, 2.45) is 0 Å². The van der Waals surface area contributed by atoms with Crippen LogP contribution in [0.3, 0.4) is 0 Å². The summed E-state index contributed by atoms with van der Waals surface area (Å²) in [5.41, 5.74) is 2.47. The van der Waals surface area contributed by atoms with Gasteiger partial charge in [-0.1, -0.05) is 48.5 Å². The van der Waals surface area contributed by atoms with Crippen LogP contribution in [0.15, 0.2) is 54.6 Å². The molecule has 0 spiro atoms. The maximum absolute atomic E-state index is 10.6. The Morgan fingerprint density at radius 3 is 1.85 bits per heavy atom. The minimum atomic E-state index is -1.05. The van der Waals surface area contributed by atoms with Crippen molar-refractivity contribution in [3.05, 3.63) is 54.6 Å². The molecule has 0 heterocycles. The summed E-state index contributed by atoms with van der Waals surface area (Å²) in [5, 5.41) is 11.1. The van der Waals surface area contributed by atoms with Crippen LogP contribution in [-0.4, -0.2) is 11.2 Å². The summed E-state index contributed by atoms with van der Waals surface area (Å²) < 4.78 is 0. The summed E-state index contributed by atoms with van der Waals surface area (Å²) in [6.07, 6.45) is -1.05. The largest absolute Gasteiger partial charge is 0.465 e. The molecule has 2 aromatic rings. The monoisotopic (exact) mass is 357 g/mol. The lowest BCUT2D eigenvalue weighted by Gasteiger charge is -2.08. The van der Waals surface area contributed by atoms with Crippen molar-refractivity contribution in [3.8, 4) is 11.1 Å². The molecule has 112 valence electrons. The number of benzene rings is 2. The Hall–Kier alpha value is -1.13. The lowest BCUT2D eigenvalue weighted by molar-refractivity contribution is 0.210. The summed E-state index contributed by atoms with van der Waals surface area (Å²) in [7, 11) is 0. The van der Waals surface area contributed by atoms with E-state index in [1.807, 2.05) is 42.5 Å². The molecule has 0 aromatic heterocycles. The van der Waals surface area contributed by atoms with Gasteiger partial charge < -0.3 is 5.11 Å². The van der Waals surface area contributed by atoms with Crippen molar-refractivity contribution in [3.63, 3.8) is 0 Å². The summed E-state index contributed by atoms with van der Waals surface area (Å²) >= 11 is 0. The van der Waals surface area contributed by atoms with Crippen molar-refractivity contribution < 1.29 is 9.90 Å². The molecular weight excluding hydrogens is 344 g/mol. The number of carbonyl (C=O) groups is 1. The maximum atomic E-state index is 10.6. The zero-order chi connectivity index (χ0) is 11.4. The summed E-state index contributed by atoms with van der Waals surface area (Å²) in [4.78, 5) is 10.6. The zero-order valence-corrected chi connectivity index (χ0v) is 13.5. The topological polar surface area (TPSA) is 49.3 Å². The number of para-hydroxylation sites is 1. The van der Waals surface area contributed by atoms with E-state index in [1.165, 1.54) is 0 Å². The predicted molar refractivity (Wildman–Crippen MR) is 92.5 cm³/mol. The second-order valence-corrected chi connectivity index (χ2v) is 3.34. The normalized spacial score (nSPS) is 7.80. The lowest BCUT2D eigenvalue weighted by atomic mass is 10.0. The molecule has 0 aliphatic rings. The molecule has 0 aliphatic heterocycles. The number of hydrogen-bond donors (Lipinski definition) is 2. The fourth-order valence-corrected chi connectivity index (χ4v) is 1.58. The van der Waals surface area contributed by atoms with Crippen LogP contribution in [-0.2, 0) is 0 Å². The molecule has 7 heteroatoms. The summed E-state index contributed by atoms with van der Waals surface area (Å²) in [6, 6.07) is 17.0. The van der Waals surface area contributed by atoms with Crippen molar-refractivity contribution >= 4 is 61.4 Å². The highest BCUT2D eigenvalue weighted by Crippen LogP contribution is 2.27. The molecule has 2 N–H and O–H groups in total. The molecule has 20 heavy (non-hydrogen) atoms. The van der Waals surface area contributed by atoms with Crippen LogP contribution in [0.2, 0.25) is 0 Å². The van der Waals surface area contributed by atoms with Gasteiger partial charge in [-0.05, 0) is 11.6 Å². The average Bonchev–Trinajstić information content (AvgIpc) is 2.30. The first-order valence-electron chi connectivity index (χ1n) is 4.92. The van der Waals surface area contributed by atoms with E-state index >= 15 is 0 Å². The molecule has 0 atom stereocenters. The Bertz CT molecular complexity index is 509. The first kappa shape index (κ1) is 23.9. The quantitative estimate of drug-likeness (QED) is 0.781. The van der Waals surface area contributed by atoms with Gasteiger partial charge in [-0.3, -0.25) is 5.32 Å². The second-order valence-electron chi connectivity index (χ2n) is 3.34. The van der Waals surface area contributed by atoms with Gasteiger partial charge in [0.15, 0.2) is 0 Å². The lowest BCUT2D eigenvalue weighted by Crippen LogP contribution is -2.08. The smallest absolute Gasteiger partial charge is 0.409 e. The Labute approximate surface area is 142 Å². The third kappa shape index (κ3) is 6.35. The number of halogens is 4. The molecule has 2 rings (SSSR count). The predicted octanol–water partition coefficient (Wildman–Crippen LogP) is 5.13. The van der Waals surface area contributed by atoms with Crippen molar-refractivity contribution in [2.75, 3.05) is 5.32 Å². The SMILES string of the molecule is Cl.Cl.Cl.Cl.O=C(O)Nc1ccccc1-c1ccccc1. The van der Waals surface area contributed by atoms with E-state index in [1.54, 1.807) is 12.1 Å². The van der Waals surface area contributed by atoms with Gasteiger partial charge in [0.05, 0.1) is 5.69 Å². The molecule has 2 aromatic carbocycles. The molecule has 3 nitrogen and oxygen atoms in total. The highest BCUT2D eigenvalue weighted by molar-refractivity contribution is 5.90. The van der Waals surface area contributed by atoms with Crippen molar-refractivity contribution in [1.82, 2.24) is 0 Å². The van der Waals surface area contributed by atoms with Crippen LogP contribution in [0, 0.1) is 0 Å². The van der Waals surface area contributed by atoms with Gasteiger partial charge in [-0.2, -0.15) is 0 Å². The van der Waals surface area contributed by atoms with Crippen LogP contribution in [0.1, 0.15) is 0 Å². The molecule has 0 unspecified atom stereocenters. The van der Waals surface area contributed by atoms with Gasteiger partial charge in [0.25, 0.3) is 0 Å². The highest BCUT2D eigenvalue weighted by atomic mass is 35.5. The molecular formula is C13H15Cl4NO2. The molecule has 0 saturated heterocycles. The Balaban J connectivity index is -0.000000722. The van der Waals surface area contributed by atoms with Gasteiger partial charge in [0.1, 0.15) is 0 Å². The molecule has 0 bridgehead atoms. The molecule has 0 aliphatic carbocycles. The first-order chi connectivity index (χ1) is 7.77. The van der Waals surface area contributed by atoms with Gasteiger partial charge in [0, 0.05) is 5.56 Å². The number of amides is 1. The van der Waals surface area contributed by atoms with Crippen LogP contribution in [0.5, 0.6) is 0 Å². The van der Waals surface area contributed by atoms with E-state index in [9.17, 15) is 4.79 Å². The molecule has 0 saturated carbocycles. The third-order valence-corrected chi connectivity index (χ3v) is 2.25. The minimum Gasteiger partial charge on any atom is -0.465 e. The van der Waals surface area contributed by atoms with Crippen molar-refractivity contribution in [2.45, 2.75) is 0 Å². The Kier molecular flexibility index (Phi) is 14.0. The van der Waals surface area contributed by atoms with Gasteiger partial charge in [-0.25, -0.2) is 4.79 Å². The molecule has 1 amide bonds. The van der Waals surface area contributed by atoms with Crippen molar-refractivity contribution in [1.29, 1.82) is 0 Å². The minimum absolute atomic E-state index is 0. The van der Waals surface area contributed by atoms with E-state index in [0.717, 1.165) is 11.1 Å². The third-order valence-electron chi connectivity index (χ3n) is 2.25. The van der Waals surface area contributed by atoms with E-state index in [4.69, 9.17) is 5.11 Å². The van der Waals surface area contributed by atoms with E-state index < -0.39 is 6.09 Å². The van der Waals surface area contributed by atoms with Crippen LogP contribution in [0.4, 0.5) is 10.5 Å². The average molecular weight is 359 g/mol. The second kappa shape index (κ2) is 11.7. The van der Waals surface area contributed by atoms with E-state index in [0.29, 0.717) is 5.69 Å².